The molecule has 0 heterocycles. The van der Waals surface area contributed by atoms with Crippen LogP contribution >= 0.6 is 0 Å². The SMILES string of the molecule is CCCCC/C=C\C/C=C\CCCCCCCCNC(=O)c1cccc(C(=O)NCCCCCCCC/C=C\C/C=C\CCCCC)c1. The van der Waals surface area contributed by atoms with Gasteiger partial charge in [0.2, 0.25) is 0 Å². The molecule has 2 N–H and O–H groups in total. The number of amides is 2. The third-order valence-electron chi connectivity index (χ3n) is 8.71. The van der Waals surface area contributed by atoms with Crippen LogP contribution in [0, 0.1) is 0 Å². The van der Waals surface area contributed by atoms with E-state index in [9.17, 15) is 9.59 Å². The van der Waals surface area contributed by atoms with Gasteiger partial charge in [-0.2, -0.15) is 0 Å². The van der Waals surface area contributed by atoms with Crippen LogP contribution in [-0.2, 0) is 0 Å². The maximum absolute atomic E-state index is 12.6. The fraction of sp³-hybridized carbons (Fsp3) is 0.636. The van der Waals surface area contributed by atoms with Gasteiger partial charge in [0.05, 0.1) is 0 Å². The average Bonchev–Trinajstić information content (AvgIpc) is 3.10. The van der Waals surface area contributed by atoms with Crippen molar-refractivity contribution < 1.29 is 9.59 Å². The second-order valence-corrected chi connectivity index (χ2v) is 13.3. The zero-order chi connectivity index (χ0) is 34.6. The summed E-state index contributed by atoms with van der Waals surface area (Å²) < 4.78 is 0. The molecule has 1 aromatic rings. The standard InChI is InChI=1S/C44H72N2O2/c1-3-5-7-9-11-13-15-17-19-21-23-25-27-29-31-33-38-45-43(47)41-36-35-37-42(40-41)44(48)46-39-34-32-30-28-26-24-22-20-18-16-14-12-10-8-6-4-2/h11-14,17-20,35-37,40H,3-10,15-16,21-34,38-39H2,1-2H3,(H,45,47)(H,46,48)/b13-11-,14-12-,19-17-,20-18-. The van der Waals surface area contributed by atoms with Crippen molar-refractivity contribution in [2.45, 2.75) is 168 Å². The zero-order valence-electron chi connectivity index (χ0n) is 31.1. The molecule has 0 aliphatic carbocycles. The van der Waals surface area contributed by atoms with Crippen molar-refractivity contribution in [3.8, 4) is 0 Å². The Balaban J connectivity index is 2.02. The van der Waals surface area contributed by atoms with Gasteiger partial charge in [0.25, 0.3) is 11.8 Å². The van der Waals surface area contributed by atoms with Crippen LogP contribution in [0.15, 0.2) is 72.9 Å². The number of rotatable bonds is 32. The van der Waals surface area contributed by atoms with Gasteiger partial charge in [-0.1, -0.05) is 146 Å². The monoisotopic (exact) mass is 661 g/mol. The largest absolute Gasteiger partial charge is 0.352 e. The van der Waals surface area contributed by atoms with E-state index >= 15 is 0 Å². The lowest BCUT2D eigenvalue weighted by Crippen LogP contribution is -2.26. The summed E-state index contributed by atoms with van der Waals surface area (Å²) in [6.45, 7) is 5.85. The molecule has 0 saturated carbocycles. The molecule has 1 rings (SSSR count). The van der Waals surface area contributed by atoms with E-state index in [2.05, 4.69) is 73.1 Å². The highest BCUT2D eigenvalue weighted by Gasteiger charge is 2.10. The molecule has 0 atom stereocenters. The Labute approximate surface area is 296 Å². The summed E-state index contributed by atoms with van der Waals surface area (Å²) in [5.74, 6) is -0.199. The summed E-state index contributed by atoms with van der Waals surface area (Å²) in [6.07, 6.45) is 47.5. The summed E-state index contributed by atoms with van der Waals surface area (Å²) >= 11 is 0. The van der Waals surface area contributed by atoms with Crippen molar-refractivity contribution in [3.05, 3.63) is 84.0 Å². The Morgan fingerprint density at radius 2 is 0.792 bits per heavy atom. The van der Waals surface area contributed by atoms with Crippen molar-refractivity contribution in [1.29, 1.82) is 0 Å². The molecule has 4 nitrogen and oxygen atoms in total. The number of hydrogen-bond donors (Lipinski definition) is 2. The first-order valence-electron chi connectivity index (χ1n) is 20.0. The topological polar surface area (TPSA) is 58.2 Å². The van der Waals surface area contributed by atoms with Crippen LogP contribution in [0.5, 0.6) is 0 Å². The van der Waals surface area contributed by atoms with Crippen molar-refractivity contribution in [2.75, 3.05) is 13.1 Å². The molecule has 0 saturated heterocycles. The Morgan fingerprint density at radius 3 is 1.17 bits per heavy atom. The molecule has 0 aliphatic rings. The summed E-state index contributed by atoms with van der Waals surface area (Å²) in [4.78, 5) is 25.3. The molecule has 0 aliphatic heterocycles. The van der Waals surface area contributed by atoms with Crippen molar-refractivity contribution >= 4 is 11.8 Å². The highest BCUT2D eigenvalue weighted by Crippen LogP contribution is 2.11. The first-order chi connectivity index (χ1) is 23.7. The minimum atomic E-state index is -0.0997. The number of unbranched alkanes of at least 4 members (excludes halogenated alkanes) is 18. The molecule has 48 heavy (non-hydrogen) atoms. The minimum Gasteiger partial charge on any atom is -0.352 e. The molecular weight excluding hydrogens is 588 g/mol. The van der Waals surface area contributed by atoms with Crippen molar-refractivity contribution in [3.63, 3.8) is 0 Å². The lowest BCUT2D eigenvalue weighted by atomic mass is 10.1. The van der Waals surface area contributed by atoms with E-state index in [1.807, 2.05) is 0 Å². The van der Waals surface area contributed by atoms with Crippen LogP contribution in [-0.4, -0.2) is 24.9 Å². The van der Waals surface area contributed by atoms with Crippen LogP contribution < -0.4 is 10.6 Å². The van der Waals surface area contributed by atoms with Gasteiger partial charge in [0.1, 0.15) is 0 Å². The smallest absolute Gasteiger partial charge is 0.251 e. The second kappa shape index (κ2) is 34.0. The molecule has 0 aromatic heterocycles. The molecule has 4 heteroatoms. The van der Waals surface area contributed by atoms with Gasteiger partial charge in [-0.05, 0) is 95.2 Å². The first kappa shape index (κ1) is 43.1. The summed E-state index contributed by atoms with van der Waals surface area (Å²) in [7, 11) is 0. The number of carbonyl (C=O) groups is 2. The maximum atomic E-state index is 12.6. The van der Waals surface area contributed by atoms with E-state index < -0.39 is 0 Å². The van der Waals surface area contributed by atoms with E-state index in [-0.39, 0.29) is 11.8 Å². The van der Waals surface area contributed by atoms with Gasteiger partial charge in [-0.15, -0.1) is 0 Å². The van der Waals surface area contributed by atoms with E-state index in [0.29, 0.717) is 24.2 Å². The molecule has 0 bridgehead atoms. The third kappa shape index (κ3) is 27.1. The van der Waals surface area contributed by atoms with Gasteiger partial charge in [-0.25, -0.2) is 0 Å². The van der Waals surface area contributed by atoms with E-state index in [0.717, 1.165) is 38.5 Å². The van der Waals surface area contributed by atoms with Crippen LogP contribution in [0.1, 0.15) is 189 Å². The second-order valence-electron chi connectivity index (χ2n) is 13.3. The predicted octanol–water partition coefficient (Wildman–Crippen LogP) is 12.8. The summed E-state index contributed by atoms with van der Waals surface area (Å²) in [5.41, 5.74) is 1.10. The molecule has 0 spiro atoms. The van der Waals surface area contributed by atoms with E-state index in [1.54, 1.807) is 24.3 Å². The van der Waals surface area contributed by atoms with Gasteiger partial charge in [-0.3, -0.25) is 9.59 Å². The quantitative estimate of drug-likeness (QED) is 0.0597. The molecule has 0 fully saturated rings. The maximum Gasteiger partial charge on any atom is 0.251 e. The Hall–Kier alpha value is -2.88. The Kier molecular flexibility index (Phi) is 30.6. The van der Waals surface area contributed by atoms with Crippen LogP contribution in [0.2, 0.25) is 0 Å². The predicted molar refractivity (Wildman–Crippen MR) is 210 cm³/mol. The summed E-state index contributed by atoms with van der Waals surface area (Å²) in [6, 6.07) is 7.08. The number of benzene rings is 1. The highest BCUT2D eigenvalue weighted by molar-refractivity contribution is 5.99. The Morgan fingerprint density at radius 1 is 0.458 bits per heavy atom. The third-order valence-corrected chi connectivity index (χ3v) is 8.71. The molecule has 0 radical (unpaired) electrons. The van der Waals surface area contributed by atoms with Crippen LogP contribution in [0.25, 0.3) is 0 Å². The molecular formula is C44H72N2O2. The molecule has 2 amide bonds. The Bertz CT molecular complexity index is 945. The van der Waals surface area contributed by atoms with Gasteiger partial charge in [0, 0.05) is 24.2 Å². The molecule has 1 aromatic carbocycles. The first-order valence-corrected chi connectivity index (χ1v) is 20.0. The number of nitrogens with one attached hydrogen (secondary N) is 2. The highest BCUT2D eigenvalue weighted by atomic mass is 16.2. The number of carbonyl (C=O) groups excluding carboxylic acids is 2. The van der Waals surface area contributed by atoms with Gasteiger partial charge < -0.3 is 10.6 Å². The fourth-order valence-corrected chi connectivity index (χ4v) is 5.64. The van der Waals surface area contributed by atoms with Crippen molar-refractivity contribution in [1.82, 2.24) is 10.6 Å². The lowest BCUT2D eigenvalue weighted by molar-refractivity contribution is 0.0952. The van der Waals surface area contributed by atoms with E-state index in [4.69, 9.17) is 0 Å². The van der Waals surface area contributed by atoms with E-state index in [1.165, 1.54) is 116 Å². The van der Waals surface area contributed by atoms with Crippen LogP contribution in [0.3, 0.4) is 0 Å². The van der Waals surface area contributed by atoms with Gasteiger partial charge in [0.15, 0.2) is 0 Å². The molecule has 270 valence electrons. The number of allylic oxidation sites excluding steroid dienone is 8. The normalized spacial score (nSPS) is 11.9. The minimum absolute atomic E-state index is 0.0997. The van der Waals surface area contributed by atoms with Crippen molar-refractivity contribution in [2.24, 2.45) is 0 Å². The zero-order valence-corrected chi connectivity index (χ0v) is 31.1. The van der Waals surface area contributed by atoms with Gasteiger partial charge >= 0.3 is 0 Å². The lowest BCUT2D eigenvalue weighted by Gasteiger charge is -2.08. The fourth-order valence-electron chi connectivity index (χ4n) is 5.64. The molecule has 0 unspecified atom stereocenters. The van der Waals surface area contributed by atoms with Crippen LogP contribution in [0.4, 0.5) is 0 Å². The number of hydrogen-bond acceptors (Lipinski definition) is 2. The summed E-state index contributed by atoms with van der Waals surface area (Å²) in [5, 5.41) is 6.05. The average molecular weight is 661 g/mol.